The highest BCUT2D eigenvalue weighted by atomic mass is 35.5. The number of hydrogen-bond acceptors (Lipinski definition) is 4. The molecule has 4 nitrogen and oxygen atoms in total. The van der Waals surface area contributed by atoms with Crippen LogP contribution < -0.4 is 0 Å². The normalized spacial score (nSPS) is 10.1. The van der Waals surface area contributed by atoms with Gasteiger partial charge in [0.15, 0.2) is 0 Å². The fourth-order valence-corrected chi connectivity index (χ4v) is 1.09. The van der Waals surface area contributed by atoms with Crippen LogP contribution >= 0.6 is 11.6 Å². The summed E-state index contributed by atoms with van der Waals surface area (Å²) in [5.74, 6) is 0.0207. The smallest absolute Gasteiger partial charge is 0.290 e. The number of halogens is 1. The Morgan fingerprint density at radius 2 is 2.21 bits per heavy atom. The third kappa shape index (κ3) is 1.65. The highest BCUT2D eigenvalue weighted by Crippen LogP contribution is 2.16. The van der Waals surface area contributed by atoms with Crippen LogP contribution in [0.4, 0.5) is 0 Å². The first-order chi connectivity index (χ1) is 6.77. The lowest BCUT2D eigenvalue weighted by Gasteiger charge is -1.89. The van der Waals surface area contributed by atoms with Gasteiger partial charge < -0.3 is 4.52 Å². The van der Waals surface area contributed by atoms with Gasteiger partial charge in [0.25, 0.3) is 5.24 Å². The van der Waals surface area contributed by atoms with Crippen molar-refractivity contribution in [2.24, 2.45) is 0 Å². The summed E-state index contributed by atoms with van der Waals surface area (Å²) < 4.78 is 4.71. The van der Waals surface area contributed by atoms with E-state index >= 15 is 0 Å². The molecular weight excluding hydrogens is 204 g/mol. The van der Waals surface area contributed by atoms with Crippen molar-refractivity contribution in [3.63, 3.8) is 0 Å². The standard InChI is InChI=1S/C9H5ClN2O2/c10-9(13)8-5-7(12-14-8)6-3-1-2-4-11-6/h1-5H. The Balaban J connectivity index is 2.39. The molecule has 2 aromatic heterocycles. The van der Waals surface area contributed by atoms with Crippen LogP contribution in [-0.2, 0) is 0 Å². The summed E-state index contributed by atoms with van der Waals surface area (Å²) in [4.78, 5) is 14.7. The van der Waals surface area contributed by atoms with E-state index in [2.05, 4.69) is 10.1 Å². The number of hydrogen-bond donors (Lipinski definition) is 0. The second-order valence-electron chi connectivity index (χ2n) is 2.57. The van der Waals surface area contributed by atoms with Crippen molar-refractivity contribution in [3.8, 4) is 11.4 Å². The minimum absolute atomic E-state index is 0.0207. The topological polar surface area (TPSA) is 56.0 Å². The van der Waals surface area contributed by atoms with Gasteiger partial charge in [-0.25, -0.2) is 0 Å². The number of nitrogens with zero attached hydrogens (tertiary/aromatic N) is 2. The minimum Gasteiger partial charge on any atom is -0.351 e. The molecule has 0 aromatic carbocycles. The summed E-state index contributed by atoms with van der Waals surface area (Å²) in [5, 5.41) is 3.00. The lowest BCUT2D eigenvalue weighted by atomic mass is 10.2. The number of pyridine rings is 1. The zero-order valence-corrected chi connectivity index (χ0v) is 7.73. The molecule has 5 heteroatoms. The van der Waals surface area contributed by atoms with E-state index in [9.17, 15) is 4.79 Å². The zero-order valence-electron chi connectivity index (χ0n) is 6.98. The summed E-state index contributed by atoms with van der Waals surface area (Å²) in [7, 11) is 0. The second-order valence-corrected chi connectivity index (χ2v) is 2.91. The molecule has 0 aliphatic carbocycles. The zero-order chi connectivity index (χ0) is 9.97. The summed E-state index contributed by atoms with van der Waals surface area (Å²) in [6.07, 6.45) is 1.63. The van der Waals surface area contributed by atoms with Crippen LogP contribution in [0.1, 0.15) is 10.6 Å². The molecular formula is C9H5ClN2O2. The fourth-order valence-electron chi connectivity index (χ4n) is 1.00. The molecule has 0 spiro atoms. The predicted octanol–water partition coefficient (Wildman–Crippen LogP) is 2.12. The molecule has 0 saturated carbocycles. The molecule has 0 N–H and O–H groups in total. The van der Waals surface area contributed by atoms with Gasteiger partial charge in [0, 0.05) is 12.3 Å². The first-order valence-electron chi connectivity index (χ1n) is 3.85. The summed E-state index contributed by atoms with van der Waals surface area (Å²) >= 11 is 5.21. The van der Waals surface area contributed by atoms with E-state index in [1.54, 1.807) is 18.3 Å². The van der Waals surface area contributed by atoms with Gasteiger partial charge >= 0.3 is 0 Å². The summed E-state index contributed by atoms with van der Waals surface area (Å²) in [6.45, 7) is 0. The molecule has 0 radical (unpaired) electrons. The maximum absolute atomic E-state index is 10.7. The van der Waals surface area contributed by atoms with Gasteiger partial charge in [0.1, 0.15) is 5.69 Å². The quantitative estimate of drug-likeness (QED) is 0.710. The number of carbonyl (C=O) groups excluding carboxylic acids is 1. The van der Waals surface area contributed by atoms with E-state index in [4.69, 9.17) is 16.1 Å². The number of carbonyl (C=O) groups is 1. The highest BCUT2D eigenvalue weighted by Gasteiger charge is 2.11. The average molecular weight is 209 g/mol. The van der Waals surface area contributed by atoms with Crippen LogP contribution in [0, 0.1) is 0 Å². The summed E-state index contributed by atoms with van der Waals surface area (Å²) in [6, 6.07) is 6.83. The molecule has 2 aromatic rings. The molecule has 0 bridgehead atoms. The van der Waals surface area contributed by atoms with Crippen LogP contribution in [0.5, 0.6) is 0 Å². The molecule has 0 saturated heterocycles. The first-order valence-corrected chi connectivity index (χ1v) is 4.23. The number of rotatable bonds is 2. The molecule has 0 amide bonds. The molecule has 14 heavy (non-hydrogen) atoms. The molecule has 0 unspecified atom stereocenters. The molecule has 2 rings (SSSR count). The van der Waals surface area contributed by atoms with E-state index in [0.29, 0.717) is 11.4 Å². The van der Waals surface area contributed by atoms with Crippen LogP contribution in [-0.4, -0.2) is 15.4 Å². The molecule has 0 fully saturated rings. The monoisotopic (exact) mass is 208 g/mol. The first kappa shape index (κ1) is 8.90. The van der Waals surface area contributed by atoms with Gasteiger partial charge in [-0.3, -0.25) is 9.78 Å². The molecule has 0 aliphatic heterocycles. The van der Waals surface area contributed by atoms with Crippen LogP contribution in [0.15, 0.2) is 35.0 Å². The van der Waals surface area contributed by atoms with Gasteiger partial charge in [-0.05, 0) is 23.7 Å². The Morgan fingerprint density at radius 3 is 2.79 bits per heavy atom. The Hall–Kier alpha value is -1.68. The second kappa shape index (κ2) is 3.59. The van der Waals surface area contributed by atoms with Crippen molar-refractivity contribution in [2.45, 2.75) is 0 Å². The predicted molar refractivity (Wildman–Crippen MR) is 49.9 cm³/mol. The SMILES string of the molecule is O=C(Cl)c1cc(-c2ccccn2)no1. The minimum atomic E-state index is -0.667. The average Bonchev–Trinajstić information content (AvgIpc) is 2.68. The molecule has 0 aliphatic rings. The van der Waals surface area contributed by atoms with E-state index < -0.39 is 5.24 Å². The highest BCUT2D eigenvalue weighted by molar-refractivity contribution is 6.67. The fraction of sp³-hybridized carbons (Fsp3) is 0. The lowest BCUT2D eigenvalue weighted by Crippen LogP contribution is -1.82. The van der Waals surface area contributed by atoms with Crippen molar-refractivity contribution in [2.75, 3.05) is 0 Å². The Kier molecular flexibility index (Phi) is 2.28. The van der Waals surface area contributed by atoms with Crippen LogP contribution in [0.25, 0.3) is 11.4 Å². The molecule has 70 valence electrons. The molecule has 0 atom stereocenters. The van der Waals surface area contributed by atoms with E-state index in [-0.39, 0.29) is 5.76 Å². The van der Waals surface area contributed by atoms with Crippen molar-refractivity contribution in [1.82, 2.24) is 10.1 Å². The van der Waals surface area contributed by atoms with E-state index in [1.807, 2.05) is 6.07 Å². The van der Waals surface area contributed by atoms with Crippen LogP contribution in [0.2, 0.25) is 0 Å². The van der Waals surface area contributed by atoms with E-state index in [1.165, 1.54) is 6.07 Å². The van der Waals surface area contributed by atoms with Gasteiger partial charge in [0.2, 0.25) is 5.76 Å². The van der Waals surface area contributed by atoms with Gasteiger partial charge in [0.05, 0.1) is 5.69 Å². The third-order valence-electron chi connectivity index (χ3n) is 1.63. The van der Waals surface area contributed by atoms with E-state index in [0.717, 1.165) is 0 Å². The van der Waals surface area contributed by atoms with Gasteiger partial charge in [-0.15, -0.1) is 0 Å². The maximum Gasteiger partial charge on any atom is 0.290 e. The maximum atomic E-state index is 10.7. The lowest BCUT2D eigenvalue weighted by molar-refractivity contribution is 0.104. The van der Waals surface area contributed by atoms with Gasteiger partial charge in [-0.1, -0.05) is 11.2 Å². The Labute approximate surface area is 84.5 Å². The van der Waals surface area contributed by atoms with Crippen molar-refractivity contribution < 1.29 is 9.32 Å². The van der Waals surface area contributed by atoms with Gasteiger partial charge in [-0.2, -0.15) is 0 Å². The van der Waals surface area contributed by atoms with Crippen molar-refractivity contribution >= 4 is 16.8 Å². The third-order valence-corrected chi connectivity index (χ3v) is 1.82. The van der Waals surface area contributed by atoms with Crippen LogP contribution in [0.3, 0.4) is 0 Å². The summed E-state index contributed by atoms with van der Waals surface area (Å²) in [5.41, 5.74) is 1.13. The number of aromatic nitrogens is 2. The Bertz CT molecular complexity index is 453. The van der Waals surface area contributed by atoms with Crippen molar-refractivity contribution in [3.05, 3.63) is 36.2 Å². The largest absolute Gasteiger partial charge is 0.351 e. The Morgan fingerprint density at radius 1 is 1.36 bits per heavy atom. The molecule has 2 heterocycles. The van der Waals surface area contributed by atoms with Crippen molar-refractivity contribution in [1.29, 1.82) is 0 Å².